The van der Waals surface area contributed by atoms with Gasteiger partial charge in [0.2, 0.25) is 5.91 Å². The monoisotopic (exact) mass is 220 g/mol. The second-order valence-electron chi connectivity index (χ2n) is 3.90. The molecular weight excluding hydrogens is 204 g/mol. The highest BCUT2D eigenvalue weighted by Gasteiger charge is 2.25. The van der Waals surface area contributed by atoms with Crippen molar-refractivity contribution in [3.8, 4) is 0 Å². The minimum atomic E-state index is -0.142. The molecule has 0 spiro atoms. The van der Waals surface area contributed by atoms with E-state index in [0.717, 1.165) is 12.1 Å². The zero-order chi connectivity index (χ0) is 11.4. The molecule has 1 aromatic carbocycles. The molecule has 1 atom stereocenters. The van der Waals surface area contributed by atoms with Crippen LogP contribution in [0.1, 0.15) is 17.0 Å². The van der Waals surface area contributed by atoms with Gasteiger partial charge in [0.25, 0.3) is 0 Å². The Morgan fingerprint density at radius 3 is 3.12 bits per heavy atom. The number of carbonyl (C=O) groups is 1. The van der Waals surface area contributed by atoms with Crippen molar-refractivity contribution in [2.24, 2.45) is 0 Å². The lowest BCUT2D eigenvalue weighted by Crippen LogP contribution is -2.39. The average molecular weight is 220 g/mol. The summed E-state index contributed by atoms with van der Waals surface area (Å²) >= 11 is 0. The van der Waals surface area contributed by atoms with Crippen molar-refractivity contribution < 1.29 is 9.90 Å². The van der Waals surface area contributed by atoms with Crippen LogP contribution < -0.4 is 10.6 Å². The summed E-state index contributed by atoms with van der Waals surface area (Å²) in [7, 11) is 0. The normalized spacial score (nSPS) is 18.9. The van der Waals surface area contributed by atoms with E-state index in [1.165, 1.54) is 5.56 Å². The van der Waals surface area contributed by atoms with Crippen molar-refractivity contribution in [1.82, 2.24) is 10.6 Å². The zero-order valence-corrected chi connectivity index (χ0v) is 9.07. The van der Waals surface area contributed by atoms with E-state index in [2.05, 4.69) is 10.6 Å². The summed E-state index contributed by atoms with van der Waals surface area (Å²) in [5.41, 5.74) is 2.27. The number of hydrogen-bond donors (Lipinski definition) is 3. The van der Waals surface area contributed by atoms with Gasteiger partial charge >= 0.3 is 0 Å². The van der Waals surface area contributed by atoms with E-state index in [-0.39, 0.29) is 18.4 Å². The molecule has 0 saturated carbocycles. The van der Waals surface area contributed by atoms with Gasteiger partial charge in [-0.05, 0) is 11.1 Å². The van der Waals surface area contributed by atoms with Crippen LogP contribution in [0.5, 0.6) is 0 Å². The minimum Gasteiger partial charge on any atom is -0.395 e. The summed E-state index contributed by atoms with van der Waals surface area (Å²) in [4.78, 5) is 11.9. The second kappa shape index (κ2) is 5.09. The van der Waals surface area contributed by atoms with Gasteiger partial charge in [-0.2, -0.15) is 0 Å². The van der Waals surface area contributed by atoms with E-state index in [4.69, 9.17) is 5.11 Å². The van der Waals surface area contributed by atoms with Crippen LogP contribution in [0.25, 0.3) is 0 Å². The van der Waals surface area contributed by atoms with Crippen LogP contribution in [0.15, 0.2) is 24.3 Å². The highest BCUT2D eigenvalue weighted by atomic mass is 16.3. The van der Waals surface area contributed by atoms with Gasteiger partial charge in [-0.15, -0.1) is 0 Å². The largest absolute Gasteiger partial charge is 0.395 e. The number of amides is 1. The third-order valence-corrected chi connectivity index (χ3v) is 2.82. The SMILES string of the molecule is O=C(NCCO)C1CNCc2ccccc21. The molecular formula is C12H16N2O2. The number of aliphatic hydroxyl groups excluding tert-OH is 1. The number of carbonyl (C=O) groups excluding carboxylic acids is 1. The first-order valence-corrected chi connectivity index (χ1v) is 5.50. The van der Waals surface area contributed by atoms with Gasteiger partial charge in [0.05, 0.1) is 12.5 Å². The summed E-state index contributed by atoms with van der Waals surface area (Å²) in [6, 6.07) is 7.97. The molecule has 86 valence electrons. The van der Waals surface area contributed by atoms with Crippen LogP contribution in [-0.2, 0) is 11.3 Å². The Hall–Kier alpha value is -1.39. The van der Waals surface area contributed by atoms with E-state index in [1.54, 1.807) is 0 Å². The van der Waals surface area contributed by atoms with Crippen LogP contribution in [0.4, 0.5) is 0 Å². The molecule has 0 aliphatic carbocycles. The predicted molar refractivity (Wildman–Crippen MR) is 61.0 cm³/mol. The van der Waals surface area contributed by atoms with E-state index < -0.39 is 0 Å². The first-order chi connectivity index (χ1) is 7.83. The Bertz CT molecular complexity index is 379. The lowest BCUT2D eigenvalue weighted by atomic mass is 9.90. The smallest absolute Gasteiger partial charge is 0.228 e. The van der Waals surface area contributed by atoms with Crippen LogP contribution >= 0.6 is 0 Å². The first kappa shape index (κ1) is 11.1. The molecule has 0 aromatic heterocycles. The number of benzene rings is 1. The Morgan fingerprint density at radius 2 is 2.31 bits per heavy atom. The van der Waals surface area contributed by atoms with E-state index in [1.807, 2.05) is 24.3 Å². The Kier molecular flexibility index (Phi) is 3.54. The highest BCUT2D eigenvalue weighted by molar-refractivity contribution is 5.84. The summed E-state index contributed by atoms with van der Waals surface area (Å²) in [5.74, 6) is -0.162. The van der Waals surface area contributed by atoms with Gasteiger partial charge in [-0.1, -0.05) is 24.3 Å². The number of hydrogen-bond acceptors (Lipinski definition) is 3. The number of fused-ring (bicyclic) bond motifs is 1. The minimum absolute atomic E-state index is 0.0197. The summed E-state index contributed by atoms with van der Waals surface area (Å²) < 4.78 is 0. The maximum absolute atomic E-state index is 11.9. The molecule has 0 saturated heterocycles. The molecule has 0 fully saturated rings. The summed E-state index contributed by atoms with van der Waals surface area (Å²) in [6.45, 7) is 1.78. The maximum Gasteiger partial charge on any atom is 0.228 e. The van der Waals surface area contributed by atoms with Gasteiger partial charge < -0.3 is 15.7 Å². The Labute approximate surface area is 94.7 Å². The molecule has 1 aliphatic rings. The fraction of sp³-hybridized carbons (Fsp3) is 0.417. The quantitative estimate of drug-likeness (QED) is 0.671. The molecule has 16 heavy (non-hydrogen) atoms. The Balaban J connectivity index is 2.15. The Morgan fingerprint density at radius 1 is 1.50 bits per heavy atom. The third-order valence-electron chi connectivity index (χ3n) is 2.82. The van der Waals surface area contributed by atoms with E-state index in [0.29, 0.717) is 13.1 Å². The molecule has 4 heteroatoms. The molecule has 1 heterocycles. The molecule has 0 radical (unpaired) electrons. The van der Waals surface area contributed by atoms with Gasteiger partial charge in [0, 0.05) is 19.6 Å². The number of nitrogens with one attached hydrogen (secondary N) is 2. The van der Waals surface area contributed by atoms with Gasteiger partial charge in [0.15, 0.2) is 0 Å². The predicted octanol–water partition coefficient (Wildman–Crippen LogP) is -0.0181. The first-order valence-electron chi connectivity index (χ1n) is 5.50. The van der Waals surface area contributed by atoms with Gasteiger partial charge in [-0.25, -0.2) is 0 Å². The van der Waals surface area contributed by atoms with Crippen molar-refractivity contribution in [3.05, 3.63) is 35.4 Å². The molecule has 0 bridgehead atoms. The van der Waals surface area contributed by atoms with Crippen molar-refractivity contribution in [2.45, 2.75) is 12.5 Å². The summed E-state index contributed by atoms with van der Waals surface area (Å²) in [6.07, 6.45) is 0. The molecule has 2 rings (SSSR count). The second-order valence-corrected chi connectivity index (χ2v) is 3.90. The number of aliphatic hydroxyl groups is 1. The van der Waals surface area contributed by atoms with Crippen molar-refractivity contribution >= 4 is 5.91 Å². The third kappa shape index (κ3) is 2.23. The van der Waals surface area contributed by atoms with Crippen LogP contribution in [-0.4, -0.2) is 30.7 Å². The molecule has 4 nitrogen and oxygen atoms in total. The van der Waals surface area contributed by atoms with Crippen LogP contribution in [0.3, 0.4) is 0 Å². The molecule has 3 N–H and O–H groups in total. The molecule has 1 amide bonds. The van der Waals surface area contributed by atoms with Crippen molar-refractivity contribution in [2.75, 3.05) is 19.7 Å². The van der Waals surface area contributed by atoms with Gasteiger partial charge in [-0.3, -0.25) is 4.79 Å². The number of rotatable bonds is 3. The fourth-order valence-corrected chi connectivity index (χ4v) is 2.03. The molecule has 1 unspecified atom stereocenters. The topological polar surface area (TPSA) is 61.4 Å². The lowest BCUT2D eigenvalue weighted by molar-refractivity contribution is -0.122. The molecule has 1 aliphatic heterocycles. The zero-order valence-electron chi connectivity index (χ0n) is 9.07. The summed E-state index contributed by atoms with van der Waals surface area (Å²) in [5, 5.41) is 14.6. The average Bonchev–Trinajstić information content (AvgIpc) is 2.35. The molecule has 1 aromatic rings. The van der Waals surface area contributed by atoms with E-state index >= 15 is 0 Å². The fourth-order valence-electron chi connectivity index (χ4n) is 2.03. The standard InChI is InChI=1S/C12H16N2O2/c15-6-5-14-12(16)11-8-13-7-9-3-1-2-4-10(9)11/h1-4,11,13,15H,5-8H2,(H,14,16). The van der Waals surface area contributed by atoms with Crippen molar-refractivity contribution in [3.63, 3.8) is 0 Å². The van der Waals surface area contributed by atoms with Crippen LogP contribution in [0.2, 0.25) is 0 Å². The lowest BCUT2D eigenvalue weighted by Gasteiger charge is -2.25. The highest BCUT2D eigenvalue weighted by Crippen LogP contribution is 2.23. The van der Waals surface area contributed by atoms with Crippen molar-refractivity contribution in [1.29, 1.82) is 0 Å². The maximum atomic E-state index is 11.9. The van der Waals surface area contributed by atoms with Gasteiger partial charge in [0.1, 0.15) is 0 Å². The van der Waals surface area contributed by atoms with Crippen LogP contribution in [0, 0.1) is 0 Å². The van der Waals surface area contributed by atoms with E-state index in [9.17, 15) is 4.79 Å².